The predicted molar refractivity (Wildman–Crippen MR) is 106 cm³/mol. The number of alkyl halides is 3. The Morgan fingerprint density at radius 3 is 2.33 bits per heavy atom. The van der Waals surface area contributed by atoms with E-state index in [-0.39, 0.29) is 30.9 Å². The number of methoxy groups -OCH3 is 1. The third kappa shape index (κ3) is 5.22. The number of hydrogen-bond acceptors (Lipinski definition) is 7. The Bertz CT molecular complexity index is 1060. The average molecular weight is 468 g/mol. The van der Waals surface area contributed by atoms with Crippen LogP contribution in [-0.4, -0.2) is 43.5 Å². The quantitative estimate of drug-likeness (QED) is 0.286. The number of nitro benzene ring substituents is 1. The first kappa shape index (κ1) is 24.0. The van der Waals surface area contributed by atoms with Gasteiger partial charge in [0.1, 0.15) is 23.9 Å². The number of carbonyl (C=O) groups excluding carboxylic acids is 2. The molecule has 2 aromatic rings. The van der Waals surface area contributed by atoms with Crippen LogP contribution in [0.15, 0.2) is 48.5 Å². The maximum absolute atomic E-state index is 12.6. The topological polar surface area (TPSA) is 119 Å². The number of nitro groups is 1. The second-order valence-electron chi connectivity index (χ2n) is 7.65. The number of quaternary nitrogens is 1. The summed E-state index contributed by atoms with van der Waals surface area (Å²) >= 11 is 0. The summed E-state index contributed by atoms with van der Waals surface area (Å²) in [5, 5.41) is 23.4. The molecule has 2 aromatic carbocycles. The van der Waals surface area contributed by atoms with E-state index in [1.807, 2.05) is 0 Å². The fraction of sp³-hybridized carbons (Fsp3) is 0.333. The van der Waals surface area contributed by atoms with Gasteiger partial charge in [-0.15, -0.1) is 13.2 Å². The molecule has 0 saturated carbocycles. The molecule has 1 fully saturated rings. The van der Waals surface area contributed by atoms with Crippen LogP contribution in [0.25, 0.3) is 0 Å². The zero-order chi connectivity index (χ0) is 24.4. The van der Waals surface area contributed by atoms with Gasteiger partial charge in [-0.05, 0) is 24.1 Å². The Morgan fingerprint density at radius 1 is 1.12 bits per heavy atom. The Kier molecular flexibility index (Phi) is 6.58. The summed E-state index contributed by atoms with van der Waals surface area (Å²) in [5.74, 6) is -2.78. The van der Waals surface area contributed by atoms with Gasteiger partial charge in [0.05, 0.1) is 18.6 Å². The number of hydrogen-bond donors (Lipinski definition) is 0. The maximum Gasteiger partial charge on any atom is 0.573 e. The van der Waals surface area contributed by atoms with E-state index in [4.69, 9.17) is 4.74 Å². The lowest BCUT2D eigenvalue weighted by atomic mass is 9.82. The molecule has 1 saturated heterocycles. The van der Waals surface area contributed by atoms with Crippen molar-refractivity contribution in [2.45, 2.75) is 18.7 Å². The van der Waals surface area contributed by atoms with Gasteiger partial charge in [0, 0.05) is 30.2 Å². The van der Waals surface area contributed by atoms with Gasteiger partial charge in [-0.2, -0.15) is 0 Å². The summed E-state index contributed by atoms with van der Waals surface area (Å²) in [7, 11) is 1.14. The molecule has 1 aliphatic heterocycles. The van der Waals surface area contributed by atoms with Gasteiger partial charge in [0.25, 0.3) is 11.8 Å². The second-order valence-corrected chi connectivity index (χ2v) is 7.65. The van der Waals surface area contributed by atoms with Crippen molar-refractivity contribution in [1.29, 1.82) is 0 Å². The van der Waals surface area contributed by atoms with Gasteiger partial charge in [-0.25, -0.2) is 4.48 Å². The Morgan fingerprint density at radius 2 is 1.79 bits per heavy atom. The highest BCUT2D eigenvalue weighted by molar-refractivity contribution is 5.82. The number of likely N-dealkylation sites (tertiary alicyclic amines) is 1. The number of ether oxygens (including phenoxy) is 2. The minimum atomic E-state index is -4.91. The predicted octanol–water partition coefficient (Wildman–Crippen LogP) is 3.12. The van der Waals surface area contributed by atoms with E-state index in [1.54, 1.807) is 0 Å². The van der Waals surface area contributed by atoms with E-state index in [1.165, 1.54) is 24.3 Å². The maximum atomic E-state index is 12.6. The van der Waals surface area contributed by atoms with Crippen LogP contribution in [0, 0.1) is 16.0 Å². The molecule has 9 nitrogen and oxygen atoms in total. The van der Waals surface area contributed by atoms with Crippen LogP contribution < -0.4 is 14.3 Å². The van der Waals surface area contributed by atoms with E-state index in [2.05, 4.69) is 4.74 Å². The summed E-state index contributed by atoms with van der Waals surface area (Å²) in [6, 6.07) is 9.86. The van der Waals surface area contributed by atoms with Crippen molar-refractivity contribution in [3.05, 3.63) is 64.2 Å². The third-order valence-electron chi connectivity index (χ3n) is 5.64. The number of nitrogens with zero attached hydrogens (tertiary/aromatic N) is 2. The number of non-ortho nitro benzene ring substituents is 1. The molecule has 176 valence electrons. The Labute approximate surface area is 185 Å². The Hall–Kier alpha value is -3.67. The summed E-state index contributed by atoms with van der Waals surface area (Å²) in [4.78, 5) is 35.1. The van der Waals surface area contributed by atoms with Crippen LogP contribution in [0.4, 0.5) is 29.3 Å². The lowest BCUT2D eigenvalue weighted by Gasteiger charge is -2.45. The molecule has 3 atom stereocenters. The van der Waals surface area contributed by atoms with Crippen molar-refractivity contribution in [1.82, 2.24) is 4.48 Å². The molecule has 3 unspecified atom stereocenters. The van der Waals surface area contributed by atoms with Gasteiger partial charge < -0.3 is 19.4 Å². The molecule has 0 spiro atoms. The number of amides is 1. The standard InChI is InChI=1S/C21H19F3N2O7/c1-32-19(27)15-9-14(13-3-2-4-18(10-13)33-21(22,23)24)11-26(12-15,20(28)29)17-7-5-16(6-8-17)25(30)31/h2-8,10,14-15H,9,11-12H2,1H3. The smallest absolute Gasteiger partial charge is 0.498 e. The first-order valence-corrected chi connectivity index (χ1v) is 9.72. The van der Waals surface area contributed by atoms with E-state index < -0.39 is 45.4 Å². The number of rotatable bonds is 5. The van der Waals surface area contributed by atoms with Crippen LogP contribution in [0.1, 0.15) is 17.9 Å². The van der Waals surface area contributed by atoms with Crippen LogP contribution in [-0.2, 0) is 9.53 Å². The highest BCUT2D eigenvalue weighted by atomic mass is 19.4. The summed E-state index contributed by atoms with van der Waals surface area (Å²) < 4.78 is 45.8. The van der Waals surface area contributed by atoms with Crippen LogP contribution in [0.5, 0.6) is 5.75 Å². The molecule has 0 aromatic heterocycles. The molecular formula is C21H19F3N2O7. The van der Waals surface area contributed by atoms with Crippen LogP contribution >= 0.6 is 0 Å². The van der Waals surface area contributed by atoms with Gasteiger partial charge in [-0.3, -0.25) is 14.9 Å². The van der Waals surface area contributed by atoms with Crippen molar-refractivity contribution in [2.75, 3.05) is 20.2 Å². The molecule has 12 heteroatoms. The number of piperidine rings is 1. The van der Waals surface area contributed by atoms with E-state index >= 15 is 0 Å². The molecule has 1 aliphatic rings. The lowest BCUT2D eigenvalue weighted by molar-refractivity contribution is -0.384. The van der Waals surface area contributed by atoms with Crippen molar-refractivity contribution in [2.24, 2.45) is 5.92 Å². The number of carbonyl (C=O) groups is 2. The van der Waals surface area contributed by atoms with Crippen molar-refractivity contribution in [3.63, 3.8) is 0 Å². The van der Waals surface area contributed by atoms with Crippen molar-refractivity contribution < 1.29 is 42.3 Å². The molecule has 33 heavy (non-hydrogen) atoms. The summed E-state index contributed by atoms with van der Waals surface area (Å²) in [6.45, 7) is -0.412. The summed E-state index contributed by atoms with van der Waals surface area (Å²) in [5.41, 5.74) is 0.197. The molecule has 1 heterocycles. The number of halogens is 3. The fourth-order valence-corrected chi connectivity index (χ4v) is 4.19. The number of carboxylic acid groups (broad SMARTS) is 1. The fourth-order valence-electron chi connectivity index (χ4n) is 4.19. The zero-order valence-corrected chi connectivity index (χ0v) is 17.3. The first-order valence-electron chi connectivity index (χ1n) is 9.72. The monoisotopic (exact) mass is 468 g/mol. The van der Waals surface area contributed by atoms with Crippen LogP contribution in [0.2, 0.25) is 0 Å². The van der Waals surface area contributed by atoms with Crippen molar-refractivity contribution >= 4 is 23.4 Å². The first-order chi connectivity index (χ1) is 15.4. The van der Waals surface area contributed by atoms with E-state index in [0.29, 0.717) is 5.56 Å². The molecule has 3 rings (SSSR count). The zero-order valence-electron chi connectivity index (χ0n) is 17.3. The van der Waals surface area contributed by atoms with Gasteiger partial charge in [0.2, 0.25) is 0 Å². The SMILES string of the molecule is COC(=O)C1CC(c2cccc(OC(F)(F)F)c2)C[N+](C(=O)[O-])(c2ccc([N+](=O)[O-])cc2)C1. The number of esters is 1. The van der Waals surface area contributed by atoms with E-state index in [0.717, 1.165) is 31.4 Å². The number of benzene rings is 2. The largest absolute Gasteiger partial charge is 0.573 e. The molecule has 1 amide bonds. The van der Waals surface area contributed by atoms with Crippen molar-refractivity contribution in [3.8, 4) is 5.75 Å². The minimum absolute atomic E-state index is 0.113. The molecular weight excluding hydrogens is 449 g/mol. The normalized spacial score (nSPS) is 22.9. The lowest BCUT2D eigenvalue weighted by Crippen LogP contribution is -2.66. The van der Waals surface area contributed by atoms with Crippen LogP contribution in [0.3, 0.4) is 0 Å². The average Bonchev–Trinajstić information content (AvgIpc) is 2.77. The third-order valence-corrected chi connectivity index (χ3v) is 5.64. The molecule has 0 bridgehead atoms. The highest BCUT2D eigenvalue weighted by Crippen LogP contribution is 2.40. The van der Waals surface area contributed by atoms with Gasteiger partial charge in [-0.1, -0.05) is 12.1 Å². The minimum Gasteiger partial charge on any atom is -0.498 e. The Balaban J connectivity index is 2.06. The van der Waals surface area contributed by atoms with Gasteiger partial charge >= 0.3 is 12.3 Å². The molecule has 0 aliphatic carbocycles. The molecule has 0 N–H and O–H groups in total. The highest BCUT2D eigenvalue weighted by Gasteiger charge is 2.47. The van der Waals surface area contributed by atoms with Gasteiger partial charge in [0.15, 0.2) is 0 Å². The second kappa shape index (κ2) is 9.06. The molecule has 0 radical (unpaired) electrons. The summed E-state index contributed by atoms with van der Waals surface area (Å²) in [6.07, 6.45) is -6.36. The van der Waals surface area contributed by atoms with E-state index in [9.17, 15) is 38.0 Å².